The van der Waals surface area contributed by atoms with Gasteiger partial charge in [-0.25, -0.2) is 4.68 Å². The van der Waals surface area contributed by atoms with Crippen molar-refractivity contribution in [3.63, 3.8) is 0 Å². The second-order valence-electron chi connectivity index (χ2n) is 13.5. The number of hydrogen-bond acceptors (Lipinski definition) is 11. The van der Waals surface area contributed by atoms with E-state index >= 15 is 0 Å². The van der Waals surface area contributed by atoms with Crippen molar-refractivity contribution in [2.24, 2.45) is 0 Å². The van der Waals surface area contributed by atoms with Gasteiger partial charge in [-0.3, -0.25) is 4.79 Å². The SMILES string of the molecule is CCOC(=O)CC(c1cc(CN2CC=C(OCc3ccccc3)OS2(=O)=O)c(Cl)c(OC)c1)c1ccc2c(nnn2CCCCOCc2ccc(OC)cc2)c1C. The van der Waals surface area contributed by atoms with Gasteiger partial charge in [0.05, 0.1) is 44.4 Å². The van der Waals surface area contributed by atoms with Crippen molar-refractivity contribution < 1.29 is 41.1 Å². The Morgan fingerprint density at radius 3 is 2.46 bits per heavy atom. The van der Waals surface area contributed by atoms with E-state index in [1.165, 1.54) is 7.11 Å². The van der Waals surface area contributed by atoms with E-state index in [0.29, 0.717) is 42.2 Å². The molecule has 13 nitrogen and oxygen atoms in total. The van der Waals surface area contributed by atoms with Crippen LogP contribution in [0.5, 0.6) is 11.5 Å². The predicted octanol–water partition coefficient (Wildman–Crippen LogP) is 7.63. The molecule has 0 saturated carbocycles. The lowest BCUT2D eigenvalue weighted by atomic mass is 9.84. The Hall–Kier alpha value is -5.15. The van der Waals surface area contributed by atoms with E-state index < -0.39 is 22.2 Å². The van der Waals surface area contributed by atoms with Crippen LogP contribution in [0.2, 0.25) is 5.02 Å². The van der Waals surface area contributed by atoms with Crippen LogP contribution >= 0.6 is 11.6 Å². The van der Waals surface area contributed by atoms with Crippen molar-refractivity contribution in [3.05, 3.63) is 129 Å². The van der Waals surface area contributed by atoms with Crippen LogP contribution in [0.4, 0.5) is 0 Å². The summed E-state index contributed by atoms with van der Waals surface area (Å²) in [5.74, 6) is 0.134. The minimum absolute atomic E-state index is 0.00501. The van der Waals surface area contributed by atoms with Gasteiger partial charge in [-0.05, 0) is 84.3 Å². The van der Waals surface area contributed by atoms with Crippen LogP contribution in [0, 0.1) is 6.92 Å². The van der Waals surface area contributed by atoms with Crippen LogP contribution in [-0.4, -0.2) is 67.7 Å². The highest BCUT2D eigenvalue weighted by Crippen LogP contribution is 2.40. The summed E-state index contributed by atoms with van der Waals surface area (Å²) < 4.78 is 62.8. The fraction of sp³-hybridized carbons (Fsp3) is 0.357. The van der Waals surface area contributed by atoms with Gasteiger partial charge < -0.3 is 27.9 Å². The normalized spacial score (nSPS) is 14.4. The van der Waals surface area contributed by atoms with E-state index in [2.05, 4.69) is 10.3 Å². The zero-order valence-electron chi connectivity index (χ0n) is 32.5. The monoisotopic (exact) mass is 818 g/mol. The Balaban J connectivity index is 1.19. The van der Waals surface area contributed by atoms with E-state index in [0.717, 1.165) is 50.7 Å². The summed E-state index contributed by atoms with van der Waals surface area (Å²) in [5.41, 5.74) is 6.37. The largest absolute Gasteiger partial charge is 0.497 e. The number of methoxy groups -OCH3 is 2. The van der Waals surface area contributed by atoms with Crippen molar-refractivity contribution in [3.8, 4) is 11.5 Å². The smallest absolute Gasteiger partial charge is 0.388 e. The van der Waals surface area contributed by atoms with Crippen molar-refractivity contribution in [2.45, 2.75) is 65.3 Å². The fourth-order valence-electron chi connectivity index (χ4n) is 6.64. The molecule has 0 aliphatic carbocycles. The number of ether oxygens (including phenoxy) is 5. The number of fused-ring (bicyclic) bond motifs is 1. The number of carbonyl (C=O) groups excluding carboxylic acids is 1. The highest BCUT2D eigenvalue weighted by Gasteiger charge is 2.32. The molecule has 1 aliphatic heterocycles. The van der Waals surface area contributed by atoms with Crippen molar-refractivity contribution in [1.29, 1.82) is 0 Å². The number of unbranched alkanes of at least 4 members (excludes halogenated alkanes) is 1. The van der Waals surface area contributed by atoms with Crippen molar-refractivity contribution >= 4 is 38.9 Å². The molecule has 6 rings (SSSR count). The first-order valence-electron chi connectivity index (χ1n) is 18.7. The highest BCUT2D eigenvalue weighted by molar-refractivity contribution is 7.84. The number of hydrogen-bond donors (Lipinski definition) is 0. The van der Waals surface area contributed by atoms with E-state index in [1.54, 1.807) is 32.2 Å². The molecule has 1 aromatic heterocycles. The molecule has 1 unspecified atom stereocenters. The molecule has 0 fully saturated rings. The Kier molecular flexibility index (Phi) is 14.1. The van der Waals surface area contributed by atoms with Gasteiger partial charge in [0, 0.05) is 38.2 Å². The molecule has 0 saturated heterocycles. The lowest BCUT2D eigenvalue weighted by molar-refractivity contribution is -0.143. The summed E-state index contributed by atoms with van der Waals surface area (Å²) in [7, 11) is -1.11. The van der Waals surface area contributed by atoms with Gasteiger partial charge in [0.2, 0.25) is 0 Å². The van der Waals surface area contributed by atoms with E-state index in [-0.39, 0.29) is 43.7 Å². The Labute approximate surface area is 338 Å². The lowest BCUT2D eigenvalue weighted by Crippen LogP contribution is -2.36. The summed E-state index contributed by atoms with van der Waals surface area (Å²) in [4.78, 5) is 13.1. The van der Waals surface area contributed by atoms with Crippen molar-refractivity contribution in [1.82, 2.24) is 19.3 Å². The van der Waals surface area contributed by atoms with Crippen LogP contribution in [0.25, 0.3) is 11.0 Å². The maximum absolute atomic E-state index is 13.3. The molecule has 0 bridgehead atoms. The fourth-order valence-corrected chi connectivity index (χ4v) is 7.87. The van der Waals surface area contributed by atoms with Gasteiger partial charge >= 0.3 is 16.3 Å². The Morgan fingerprint density at radius 2 is 1.74 bits per heavy atom. The molecule has 5 aromatic rings. The number of aryl methyl sites for hydroxylation is 2. The third kappa shape index (κ3) is 10.4. The number of rotatable bonds is 19. The molecule has 0 radical (unpaired) electrons. The zero-order chi connectivity index (χ0) is 40.4. The van der Waals surface area contributed by atoms with E-state index in [9.17, 15) is 13.2 Å². The van der Waals surface area contributed by atoms with Gasteiger partial charge in [-0.15, -0.1) is 5.10 Å². The number of carbonyl (C=O) groups is 1. The summed E-state index contributed by atoms with van der Waals surface area (Å²) in [6.45, 7) is 5.75. The van der Waals surface area contributed by atoms with Gasteiger partial charge in [0.1, 0.15) is 23.6 Å². The first kappa shape index (κ1) is 41.5. The van der Waals surface area contributed by atoms with Crippen LogP contribution < -0.4 is 9.47 Å². The standard InChI is InChI=1S/C42H47ClN4O9S/c1-5-54-39(48)25-36(35-17-18-37-42(29(35)2)44-45-47(37)20-9-10-22-53-27-31-13-15-34(51-3)16-14-31)32-23-33(41(43)38(24-32)52-4)26-46-21-19-40(56-57(46,49)50)55-28-30-11-7-6-8-12-30/h6-8,11-19,23-24,36H,5,9-10,20-22,25-28H2,1-4H3. The third-order valence-corrected chi connectivity index (χ3v) is 11.4. The van der Waals surface area contributed by atoms with E-state index in [1.807, 2.05) is 78.3 Å². The van der Waals surface area contributed by atoms with Crippen LogP contribution in [-0.2, 0) is 59.8 Å². The summed E-state index contributed by atoms with van der Waals surface area (Å²) in [6, 6.07) is 24.7. The van der Waals surface area contributed by atoms with Crippen molar-refractivity contribution in [2.75, 3.05) is 34.0 Å². The van der Waals surface area contributed by atoms with Gasteiger partial charge in [-0.2, -0.15) is 12.7 Å². The molecule has 1 aliphatic rings. The summed E-state index contributed by atoms with van der Waals surface area (Å²) in [6.07, 6.45) is 3.26. The number of benzene rings is 4. The molecule has 1 atom stereocenters. The average Bonchev–Trinajstić information content (AvgIpc) is 3.63. The third-order valence-electron chi connectivity index (χ3n) is 9.67. The molecular formula is C42H47ClN4O9S. The minimum atomic E-state index is -4.24. The first-order chi connectivity index (χ1) is 27.6. The minimum Gasteiger partial charge on any atom is -0.497 e. The molecule has 0 N–H and O–H groups in total. The number of halogens is 1. The predicted molar refractivity (Wildman–Crippen MR) is 215 cm³/mol. The quantitative estimate of drug-likeness (QED) is 0.0600. The maximum Gasteiger partial charge on any atom is 0.388 e. The molecule has 57 heavy (non-hydrogen) atoms. The summed E-state index contributed by atoms with van der Waals surface area (Å²) in [5, 5.41) is 9.24. The molecular weight excluding hydrogens is 772 g/mol. The number of esters is 1. The molecule has 0 amide bonds. The summed E-state index contributed by atoms with van der Waals surface area (Å²) >= 11 is 6.81. The van der Waals surface area contributed by atoms with Crippen LogP contribution in [0.1, 0.15) is 65.5 Å². The lowest BCUT2D eigenvalue weighted by Gasteiger charge is -2.27. The maximum atomic E-state index is 13.3. The number of aromatic nitrogens is 3. The zero-order valence-corrected chi connectivity index (χ0v) is 34.1. The van der Waals surface area contributed by atoms with Gasteiger partial charge in [0.25, 0.3) is 5.95 Å². The Bertz CT molecular complexity index is 2280. The number of nitrogens with zero attached hydrogens (tertiary/aromatic N) is 4. The topological polar surface area (TPSA) is 141 Å². The highest BCUT2D eigenvalue weighted by atomic mass is 35.5. The molecule has 15 heteroatoms. The Morgan fingerprint density at radius 1 is 0.965 bits per heavy atom. The molecule has 302 valence electrons. The second-order valence-corrected chi connectivity index (χ2v) is 15.4. The molecule has 4 aromatic carbocycles. The second kappa shape index (κ2) is 19.3. The van der Waals surface area contributed by atoms with Gasteiger partial charge in [0.15, 0.2) is 0 Å². The average molecular weight is 819 g/mol. The van der Waals surface area contributed by atoms with Gasteiger partial charge in [-0.1, -0.05) is 71.4 Å². The molecule has 0 spiro atoms. The van der Waals surface area contributed by atoms with Crippen LogP contribution in [0.15, 0.2) is 90.9 Å². The van der Waals surface area contributed by atoms with Crippen LogP contribution in [0.3, 0.4) is 0 Å². The molecule has 2 heterocycles. The van der Waals surface area contributed by atoms with E-state index in [4.69, 9.17) is 39.5 Å². The first-order valence-corrected chi connectivity index (χ1v) is 20.5.